The third kappa shape index (κ3) is 5.82. The minimum atomic E-state index is -0.670. The highest BCUT2D eigenvalue weighted by Gasteiger charge is 2.27. The van der Waals surface area contributed by atoms with Crippen LogP contribution in [0.2, 0.25) is 0 Å². The van der Waals surface area contributed by atoms with E-state index in [0.717, 1.165) is 6.42 Å². The minimum Gasteiger partial charge on any atom is -0.469 e. The number of carbonyl (C=O) groups excluding carboxylic acids is 2. The van der Waals surface area contributed by atoms with E-state index in [-0.39, 0.29) is 11.7 Å². The summed E-state index contributed by atoms with van der Waals surface area (Å²) in [4.78, 5) is 22.9. The number of hydrogen-bond acceptors (Lipinski definition) is 5. The summed E-state index contributed by atoms with van der Waals surface area (Å²) in [7, 11) is 2.52. The largest absolute Gasteiger partial charge is 0.469 e. The van der Waals surface area contributed by atoms with Crippen LogP contribution in [0.3, 0.4) is 0 Å². The van der Waals surface area contributed by atoms with Crippen LogP contribution in [0.1, 0.15) is 32.6 Å². The molecule has 104 valence electrons. The van der Waals surface area contributed by atoms with Gasteiger partial charge in [0.05, 0.1) is 26.2 Å². The van der Waals surface area contributed by atoms with Gasteiger partial charge in [0, 0.05) is 5.57 Å². The van der Waals surface area contributed by atoms with Crippen LogP contribution in [0.4, 0.5) is 0 Å². The fraction of sp³-hybridized carbons (Fsp3) is 0.692. The molecule has 0 saturated heterocycles. The van der Waals surface area contributed by atoms with Gasteiger partial charge in [-0.3, -0.25) is 4.79 Å². The minimum absolute atomic E-state index is 0.112. The molecule has 0 spiro atoms. The molecule has 0 aliphatic rings. The van der Waals surface area contributed by atoms with Gasteiger partial charge in [-0.1, -0.05) is 19.4 Å². The Hall–Kier alpha value is -1.36. The predicted molar refractivity (Wildman–Crippen MR) is 66.8 cm³/mol. The summed E-state index contributed by atoms with van der Waals surface area (Å²) in [6.45, 7) is 5.30. The van der Waals surface area contributed by atoms with Crippen molar-refractivity contribution in [3.05, 3.63) is 12.2 Å². The molecule has 0 fully saturated rings. The Kier molecular flexibility index (Phi) is 8.03. The molecule has 0 aliphatic carbocycles. The standard InChI is InChI=1S/C13H22O5/c1-9(14)7-5-6-8-11(13(16)18-4)10(2)12(15)17-3/h9,11,14H,2,5-8H2,1,3-4H3. The normalized spacial score (nSPS) is 13.6. The molecular formula is C13H22O5. The second kappa shape index (κ2) is 8.69. The molecule has 0 amide bonds. The van der Waals surface area contributed by atoms with Gasteiger partial charge in [0.15, 0.2) is 0 Å². The maximum Gasteiger partial charge on any atom is 0.334 e. The number of unbranched alkanes of at least 4 members (excludes halogenated alkanes) is 1. The first-order chi connectivity index (χ1) is 8.43. The van der Waals surface area contributed by atoms with Gasteiger partial charge in [0.1, 0.15) is 0 Å². The average Bonchev–Trinajstić information content (AvgIpc) is 2.35. The zero-order chi connectivity index (χ0) is 14.1. The maximum absolute atomic E-state index is 11.6. The van der Waals surface area contributed by atoms with Crippen molar-refractivity contribution in [2.24, 2.45) is 5.92 Å². The van der Waals surface area contributed by atoms with Gasteiger partial charge < -0.3 is 14.6 Å². The number of methoxy groups -OCH3 is 2. The van der Waals surface area contributed by atoms with E-state index in [9.17, 15) is 9.59 Å². The lowest BCUT2D eigenvalue weighted by Crippen LogP contribution is -2.23. The van der Waals surface area contributed by atoms with Crippen molar-refractivity contribution in [3.8, 4) is 0 Å². The van der Waals surface area contributed by atoms with Crippen molar-refractivity contribution < 1.29 is 24.2 Å². The predicted octanol–water partition coefficient (Wildman–Crippen LogP) is 1.45. The van der Waals surface area contributed by atoms with E-state index in [1.54, 1.807) is 6.92 Å². The van der Waals surface area contributed by atoms with E-state index in [1.165, 1.54) is 14.2 Å². The number of hydrogen-bond donors (Lipinski definition) is 1. The average molecular weight is 258 g/mol. The summed E-state index contributed by atoms with van der Waals surface area (Å²) in [5.41, 5.74) is 0.112. The van der Waals surface area contributed by atoms with Gasteiger partial charge in [0.25, 0.3) is 0 Å². The number of aliphatic hydroxyl groups excluding tert-OH is 1. The van der Waals surface area contributed by atoms with E-state index in [0.29, 0.717) is 19.3 Å². The molecule has 0 bridgehead atoms. The highest BCUT2D eigenvalue weighted by Crippen LogP contribution is 2.20. The van der Waals surface area contributed by atoms with Crippen molar-refractivity contribution in [1.29, 1.82) is 0 Å². The second-order valence-electron chi connectivity index (χ2n) is 4.23. The van der Waals surface area contributed by atoms with Crippen molar-refractivity contribution in [2.45, 2.75) is 38.7 Å². The third-order valence-electron chi connectivity index (χ3n) is 2.72. The maximum atomic E-state index is 11.6. The van der Waals surface area contributed by atoms with Gasteiger partial charge in [-0.05, 0) is 19.8 Å². The Morgan fingerprint density at radius 3 is 2.17 bits per heavy atom. The number of rotatable bonds is 8. The van der Waals surface area contributed by atoms with Gasteiger partial charge in [-0.25, -0.2) is 4.79 Å². The molecule has 0 radical (unpaired) electrons. The van der Waals surface area contributed by atoms with E-state index in [2.05, 4.69) is 16.1 Å². The summed E-state index contributed by atoms with van der Waals surface area (Å²) in [5.74, 6) is -1.75. The summed E-state index contributed by atoms with van der Waals surface area (Å²) in [5, 5.41) is 9.13. The topological polar surface area (TPSA) is 72.8 Å². The van der Waals surface area contributed by atoms with E-state index < -0.39 is 17.9 Å². The highest BCUT2D eigenvalue weighted by atomic mass is 16.5. The van der Waals surface area contributed by atoms with Crippen molar-refractivity contribution >= 4 is 11.9 Å². The molecule has 0 rings (SSSR count). The lowest BCUT2D eigenvalue weighted by atomic mass is 9.93. The fourth-order valence-corrected chi connectivity index (χ4v) is 1.64. The van der Waals surface area contributed by atoms with Crippen LogP contribution in [0.15, 0.2) is 12.2 Å². The van der Waals surface area contributed by atoms with E-state index >= 15 is 0 Å². The van der Waals surface area contributed by atoms with E-state index in [4.69, 9.17) is 5.11 Å². The molecule has 5 nitrogen and oxygen atoms in total. The van der Waals surface area contributed by atoms with Gasteiger partial charge in [-0.15, -0.1) is 0 Å². The highest BCUT2D eigenvalue weighted by molar-refractivity contribution is 5.94. The number of esters is 2. The zero-order valence-corrected chi connectivity index (χ0v) is 11.3. The molecule has 0 heterocycles. The summed E-state index contributed by atoms with van der Waals surface area (Å²) in [6, 6.07) is 0. The molecule has 2 atom stereocenters. The molecular weight excluding hydrogens is 236 g/mol. The third-order valence-corrected chi connectivity index (χ3v) is 2.72. The summed E-state index contributed by atoms with van der Waals surface area (Å²) >= 11 is 0. The van der Waals surface area contributed by atoms with E-state index in [1.807, 2.05) is 0 Å². The lowest BCUT2D eigenvalue weighted by Gasteiger charge is -2.15. The molecule has 0 aliphatic heterocycles. The Labute approximate surface area is 108 Å². The number of carbonyl (C=O) groups is 2. The van der Waals surface area contributed by atoms with Crippen LogP contribution >= 0.6 is 0 Å². The van der Waals surface area contributed by atoms with Crippen LogP contribution in [0.25, 0.3) is 0 Å². The molecule has 1 N–H and O–H groups in total. The van der Waals surface area contributed by atoms with Crippen molar-refractivity contribution in [1.82, 2.24) is 0 Å². The Morgan fingerprint density at radius 2 is 1.72 bits per heavy atom. The Balaban J connectivity index is 4.37. The van der Waals surface area contributed by atoms with Crippen molar-refractivity contribution in [3.63, 3.8) is 0 Å². The van der Waals surface area contributed by atoms with Crippen molar-refractivity contribution in [2.75, 3.05) is 14.2 Å². The monoisotopic (exact) mass is 258 g/mol. The van der Waals surface area contributed by atoms with Gasteiger partial charge >= 0.3 is 11.9 Å². The Morgan fingerprint density at radius 1 is 1.17 bits per heavy atom. The molecule has 0 saturated carbocycles. The van der Waals surface area contributed by atoms with Crippen LogP contribution < -0.4 is 0 Å². The number of ether oxygens (including phenoxy) is 2. The van der Waals surface area contributed by atoms with Crippen LogP contribution in [0, 0.1) is 5.92 Å². The van der Waals surface area contributed by atoms with Crippen LogP contribution in [-0.4, -0.2) is 37.4 Å². The first-order valence-electron chi connectivity index (χ1n) is 5.97. The quantitative estimate of drug-likeness (QED) is 0.405. The van der Waals surface area contributed by atoms with Gasteiger partial charge in [-0.2, -0.15) is 0 Å². The molecule has 18 heavy (non-hydrogen) atoms. The lowest BCUT2D eigenvalue weighted by molar-refractivity contribution is -0.147. The first kappa shape index (κ1) is 16.6. The fourth-order valence-electron chi connectivity index (χ4n) is 1.64. The Bertz CT molecular complexity index is 296. The molecule has 2 unspecified atom stereocenters. The van der Waals surface area contributed by atoms with Crippen LogP contribution in [-0.2, 0) is 19.1 Å². The molecule has 5 heteroatoms. The summed E-state index contributed by atoms with van der Waals surface area (Å²) in [6.07, 6.45) is 2.26. The molecule has 0 aromatic rings. The smallest absolute Gasteiger partial charge is 0.334 e. The second-order valence-corrected chi connectivity index (χ2v) is 4.23. The molecule has 0 aromatic heterocycles. The first-order valence-corrected chi connectivity index (χ1v) is 5.97. The van der Waals surface area contributed by atoms with Gasteiger partial charge in [0.2, 0.25) is 0 Å². The van der Waals surface area contributed by atoms with Crippen LogP contribution in [0.5, 0.6) is 0 Å². The SMILES string of the molecule is C=C(C(=O)OC)C(CCCCC(C)O)C(=O)OC. The zero-order valence-electron chi connectivity index (χ0n) is 11.3. The summed E-state index contributed by atoms with van der Waals surface area (Å²) < 4.78 is 9.20. The molecule has 0 aromatic carbocycles. The number of aliphatic hydroxyl groups is 1.